The van der Waals surface area contributed by atoms with Gasteiger partial charge < -0.3 is 0 Å². The van der Waals surface area contributed by atoms with E-state index in [0.29, 0.717) is 29.3 Å². The second-order valence-electron chi connectivity index (χ2n) is 8.59. The Hall–Kier alpha value is -1.07. The van der Waals surface area contributed by atoms with E-state index in [4.69, 9.17) is 23.2 Å². The zero-order valence-electron chi connectivity index (χ0n) is 17.2. The third kappa shape index (κ3) is 4.36. The highest BCUT2D eigenvalue weighted by Crippen LogP contribution is 2.50. The first-order valence-corrected chi connectivity index (χ1v) is 12.3. The first kappa shape index (κ1) is 22.6. The zero-order chi connectivity index (χ0) is 21.4. The van der Waals surface area contributed by atoms with E-state index in [2.05, 4.69) is 25.6 Å². The minimum absolute atomic E-state index is 0.0181. The van der Waals surface area contributed by atoms with Gasteiger partial charge in [0.2, 0.25) is 10.0 Å². The number of halogens is 2. The van der Waals surface area contributed by atoms with E-state index in [0.717, 1.165) is 5.56 Å². The van der Waals surface area contributed by atoms with E-state index >= 15 is 0 Å². The van der Waals surface area contributed by atoms with Crippen LogP contribution in [-0.2, 0) is 10.0 Å². The Labute approximate surface area is 185 Å². The molecule has 4 atom stereocenters. The van der Waals surface area contributed by atoms with Crippen molar-refractivity contribution in [1.82, 2.24) is 4.31 Å². The minimum Gasteiger partial charge on any atom is -0.212 e. The molecule has 1 aliphatic carbocycles. The van der Waals surface area contributed by atoms with Gasteiger partial charge in [-0.2, -0.15) is 4.31 Å². The summed E-state index contributed by atoms with van der Waals surface area (Å²) in [7, 11) is -3.49. The number of allylic oxidation sites excluding steroid dienone is 4. The highest BCUT2D eigenvalue weighted by Gasteiger charge is 2.53. The topological polar surface area (TPSA) is 37.4 Å². The molecule has 2 aliphatic rings. The van der Waals surface area contributed by atoms with Gasteiger partial charge in [0.05, 0.1) is 5.25 Å². The first-order chi connectivity index (χ1) is 13.6. The van der Waals surface area contributed by atoms with Gasteiger partial charge in [0.25, 0.3) is 0 Å². The van der Waals surface area contributed by atoms with Crippen molar-refractivity contribution in [3.63, 3.8) is 0 Å². The van der Waals surface area contributed by atoms with Crippen molar-refractivity contribution >= 4 is 33.2 Å². The van der Waals surface area contributed by atoms with Crippen LogP contribution in [0.1, 0.15) is 51.5 Å². The molecule has 1 aliphatic heterocycles. The fraction of sp³-hybridized carbons (Fsp3) is 0.478. The van der Waals surface area contributed by atoms with Crippen LogP contribution >= 0.6 is 23.2 Å². The van der Waals surface area contributed by atoms with Crippen LogP contribution in [0.4, 0.5) is 0 Å². The SMILES string of the molecule is C=CC[C@@H]1C[C@H](c2cccc(Cl)c2)[C@@H](C2(C)C=CC(Cl)=CC2)N(C(C)C)S1(=O)=O. The normalized spacial score (nSPS) is 32.2. The van der Waals surface area contributed by atoms with E-state index in [1.807, 2.05) is 44.2 Å². The maximum Gasteiger partial charge on any atom is 0.217 e. The maximum atomic E-state index is 13.6. The Morgan fingerprint density at radius 1 is 1.34 bits per heavy atom. The van der Waals surface area contributed by atoms with E-state index in [1.165, 1.54) is 0 Å². The lowest BCUT2D eigenvalue weighted by molar-refractivity contribution is 0.114. The molecule has 1 heterocycles. The summed E-state index contributed by atoms with van der Waals surface area (Å²) in [4.78, 5) is 0. The minimum atomic E-state index is -3.49. The Bertz CT molecular complexity index is 938. The second-order valence-corrected chi connectivity index (χ2v) is 11.6. The smallest absolute Gasteiger partial charge is 0.212 e. The molecule has 0 N–H and O–H groups in total. The number of hydrogen-bond acceptors (Lipinski definition) is 2. The number of rotatable bonds is 5. The number of sulfonamides is 1. The first-order valence-electron chi connectivity index (χ1n) is 10.0. The van der Waals surface area contributed by atoms with Gasteiger partial charge in [-0.05, 0) is 56.9 Å². The molecule has 158 valence electrons. The molecule has 6 heteroatoms. The Kier molecular flexibility index (Phi) is 6.69. The number of hydrogen-bond donors (Lipinski definition) is 0. The van der Waals surface area contributed by atoms with Gasteiger partial charge in [0.1, 0.15) is 0 Å². The predicted molar refractivity (Wildman–Crippen MR) is 123 cm³/mol. The van der Waals surface area contributed by atoms with Gasteiger partial charge >= 0.3 is 0 Å². The van der Waals surface area contributed by atoms with Crippen molar-refractivity contribution < 1.29 is 8.42 Å². The second kappa shape index (κ2) is 8.58. The molecule has 3 nitrogen and oxygen atoms in total. The number of benzene rings is 1. The van der Waals surface area contributed by atoms with E-state index in [9.17, 15) is 8.42 Å². The molecule has 29 heavy (non-hydrogen) atoms. The van der Waals surface area contributed by atoms with Crippen LogP contribution in [0, 0.1) is 5.41 Å². The van der Waals surface area contributed by atoms with Crippen LogP contribution in [-0.4, -0.2) is 30.1 Å². The highest BCUT2D eigenvalue weighted by molar-refractivity contribution is 7.89. The molecule has 0 aromatic heterocycles. The molecule has 1 unspecified atom stereocenters. The van der Waals surface area contributed by atoms with E-state index in [1.54, 1.807) is 10.4 Å². The van der Waals surface area contributed by atoms with Gasteiger partial charge in [0.15, 0.2) is 0 Å². The van der Waals surface area contributed by atoms with Crippen molar-refractivity contribution in [2.45, 2.75) is 63.3 Å². The summed E-state index contributed by atoms with van der Waals surface area (Å²) in [6, 6.07) is 7.43. The predicted octanol–water partition coefficient (Wildman–Crippen LogP) is 6.27. The van der Waals surface area contributed by atoms with Crippen molar-refractivity contribution in [2.24, 2.45) is 5.41 Å². The molecule has 0 spiro atoms. The maximum absolute atomic E-state index is 13.6. The third-order valence-corrected chi connectivity index (χ3v) is 9.12. The fourth-order valence-corrected chi connectivity index (χ4v) is 7.61. The van der Waals surface area contributed by atoms with Crippen LogP contribution in [0.15, 0.2) is 60.2 Å². The molecule has 0 amide bonds. The van der Waals surface area contributed by atoms with Crippen molar-refractivity contribution in [1.29, 1.82) is 0 Å². The van der Waals surface area contributed by atoms with Crippen LogP contribution in [0.3, 0.4) is 0 Å². The lowest BCUT2D eigenvalue weighted by Gasteiger charge is -2.52. The molecule has 3 rings (SSSR count). The lowest BCUT2D eigenvalue weighted by Crippen LogP contribution is -2.60. The van der Waals surface area contributed by atoms with Crippen LogP contribution < -0.4 is 0 Å². The van der Waals surface area contributed by atoms with Gasteiger partial charge in [-0.1, -0.05) is 60.5 Å². The van der Waals surface area contributed by atoms with Gasteiger partial charge in [-0.15, -0.1) is 6.58 Å². The molecule has 1 aromatic rings. The largest absolute Gasteiger partial charge is 0.217 e. The summed E-state index contributed by atoms with van der Waals surface area (Å²) in [5.74, 6) is 0.0181. The number of nitrogens with zero attached hydrogens (tertiary/aromatic N) is 1. The summed E-state index contributed by atoms with van der Waals surface area (Å²) in [6.07, 6.45) is 9.34. The van der Waals surface area contributed by atoms with Crippen molar-refractivity contribution in [3.8, 4) is 0 Å². The summed E-state index contributed by atoms with van der Waals surface area (Å²) in [5.41, 5.74) is 0.703. The molecule has 1 aromatic carbocycles. The Morgan fingerprint density at radius 3 is 2.62 bits per heavy atom. The van der Waals surface area contributed by atoms with Gasteiger partial charge in [-0.3, -0.25) is 0 Å². The standard InChI is InChI=1S/C23H29Cl2NO2S/c1-5-7-20-15-21(17-8-6-9-19(25)14-17)22(26(16(2)3)29(20,27)28)23(4)12-10-18(24)11-13-23/h5-6,8-12,14,16,20-22H,1,7,13,15H2,2-4H3/t20-,21-,22+,23?/m1/s1. The Morgan fingerprint density at radius 2 is 2.07 bits per heavy atom. The van der Waals surface area contributed by atoms with Crippen LogP contribution in [0.5, 0.6) is 0 Å². The average Bonchev–Trinajstić information content (AvgIpc) is 2.65. The highest BCUT2D eigenvalue weighted by atomic mass is 35.5. The molecule has 0 saturated carbocycles. The molecule has 0 radical (unpaired) electrons. The average molecular weight is 454 g/mol. The van der Waals surface area contributed by atoms with Crippen molar-refractivity contribution in [3.05, 3.63) is 70.8 Å². The monoisotopic (exact) mass is 453 g/mol. The van der Waals surface area contributed by atoms with E-state index < -0.39 is 15.3 Å². The van der Waals surface area contributed by atoms with Crippen LogP contribution in [0.25, 0.3) is 0 Å². The molecule has 1 fully saturated rings. The Balaban J connectivity index is 2.19. The van der Waals surface area contributed by atoms with Gasteiger partial charge in [0, 0.05) is 33.5 Å². The van der Waals surface area contributed by atoms with E-state index in [-0.39, 0.29) is 23.4 Å². The summed E-state index contributed by atoms with van der Waals surface area (Å²) in [5, 5.41) is 0.873. The van der Waals surface area contributed by atoms with Gasteiger partial charge in [-0.25, -0.2) is 8.42 Å². The quantitative estimate of drug-likeness (QED) is 0.492. The fourth-order valence-electron chi connectivity index (χ4n) is 4.81. The van der Waals surface area contributed by atoms with Crippen molar-refractivity contribution in [2.75, 3.05) is 0 Å². The summed E-state index contributed by atoms with van der Waals surface area (Å²) < 4.78 is 29.0. The summed E-state index contributed by atoms with van der Waals surface area (Å²) in [6.45, 7) is 9.83. The molecular formula is C23H29Cl2NO2S. The third-order valence-electron chi connectivity index (χ3n) is 6.14. The molecule has 1 saturated heterocycles. The lowest BCUT2D eigenvalue weighted by atomic mass is 9.68. The molecule has 0 bridgehead atoms. The molecular weight excluding hydrogens is 425 g/mol. The van der Waals surface area contributed by atoms with Crippen LogP contribution in [0.2, 0.25) is 5.02 Å². The zero-order valence-corrected chi connectivity index (χ0v) is 19.5. The summed E-state index contributed by atoms with van der Waals surface area (Å²) >= 11 is 12.5.